The van der Waals surface area contributed by atoms with E-state index in [9.17, 15) is 19.1 Å². The van der Waals surface area contributed by atoms with Crippen LogP contribution in [0.25, 0.3) is 0 Å². The lowest BCUT2D eigenvalue weighted by Crippen LogP contribution is -2.43. The number of carboxylic acid groups (broad SMARTS) is 1. The second kappa shape index (κ2) is 7.07. The molecule has 2 aliphatic heterocycles. The molecule has 0 radical (unpaired) electrons. The highest BCUT2D eigenvalue weighted by atomic mass is 35.5. The van der Waals surface area contributed by atoms with Crippen LogP contribution in [-0.2, 0) is 9.53 Å². The highest BCUT2D eigenvalue weighted by Crippen LogP contribution is 2.34. The first-order valence-electron chi connectivity index (χ1n) is 8.06. The zero-order valence-corrected chi connectivity index (χ0v) is 13.8. The van der Waals surface area contributed by atoms with Gasteiger partial charge in [-0.25, -0.2) is 4.39 Å². The third-order valence-electron chi connectivity index (χ3n) is 4.93. The van der Waals surface area contributed by atoms with Crippen LogP contribution in [0.2, 0.25) is 5.02 Å². The molecule has 7 heteroatoms. The molecule has 0 spiro atoms. The minimum Gasteiger partial charge on any atom is -0.481 e. The van der Waals surface area contributed by atoms with E-state index in [4.69, 9.17) is 16.3 Å². The Morgan fingerprint density at radius 2 is 1.96 bits per heavy atom. The van der Waals surface area contributed by atoms with E-state index < -0.39 is 17.7 Å². The van der Waals surface area contributed by atoms with Crippen LogP contribution in [0.5, 0.6) is 0 Å². The minimum atomic E-state index is -0.817. The molecular weight excluding hydrogens is 337 g/mol. The molecular formula is C17H19ClFNO4. The van der Waals surface area contributed by atoms with Crippen LogP contribution in [0.1, 0.15) is 29.6 Å². The number of likely N-dealkylation sites (tertiary alicyclic amines) is 1. The number of carbonyl (C=O) groups is 2. The van der Waals surface area contributed by atoms with Crippen molar-refractivity contribution in [2.24, 2.45) is 11.8 Å². The molecule has 1 unspecified atom stereocenters. The van der Waals surface area contributed by atoms with Gasteiger partial charge in [-0.15, -0.1) is 0 Å². The van der Waals surface area contributed by atoms with E-state index in [0.29, 0.717) is 39.0 Å². The summed E-state index contributed by atoms with van der Waals surface area (Å²) in [6, 6.07) is 4.19. The molecule has 24 heavy (non-hydrogen) atoms. The molecule has 2 atom stereocenters. The molecule has 1 aromatic carbocycles. The number of carbonyl (C=O) groups excluding carboxylic acids is 1. The van der Waals surface area contributed by atoms with Gasteiger partial charge < -0.3 is 14.7 Å². The van der Waals surface area contributed by atoms with Crippen molar-refractivity contribution in [2.45, 2.75) is 25.4 Å². The minimum absolute atomic E-state index is 0.126. The van der Waals surface area contributed by atoms with E-state index in [1.165, 1.54) is 18.2 Å². The fourth-order valence-corrected chi connectivity index (χ4v) is 3.82. The number of carboxylic acids is 1. The number of hydrogen-bond donors (Lipinski definition) is 1. The van der Waals surface area contributed by atoms with E-state index in [1.807, 2.05) is 0 Å². The number of hydrogen-bond acceptors (Lipinski definition) is 3. The van der Waals surface area contributed by atoms with Gasteiger partial charge in [0.15, 0.2) is 0 Å². The van der Waals surface area contributed by atoms with Gasteiger partial charge in [0.1, 0.15) is 5.82 Å². The largest absolute Gasteiger partial charge is 0.481 e. The first-order chi connectivity index (χ1) is 11.5. The van der Waals surface area contributed by atoms with Gasteiger partial charge in [0.05, 0.1) is 22.6 Å². The molecule has 2 aliphatic rings. The van der Waals surface area contributed by atoms with E-state index in [0.717, 1.165) is 0 Å². The van der Waals surface area contributed by atoms with Crippen molar-refractivity contribution < 1.29 is 23.8 Å². The SMILES string of the molecule is O=C(O)C1CCO[C@H]1C1CCN(C(=O)c2cccc(F)c2Cl)CC1. The quantitative estimate of drug-likeness (QED) is 0.905. The number of rotatable bonds is 3. The average Bonchev–Trinajstić information content (AvgIpc) is 3.07. The highest BCUT2D eigenvalue weighted by molar-refractivity contribution is 6.34. The van der Waals surface area contributed by atoms with E-state index in [2.05, 4.69) is 0 Å². The van der Waals surface area contributed by atoms with Gasteiger partial charge >= 0.3 is 5.97 Å². The zero-order chi connectivity index (χ0) is 17.3. The molecule has 1 aromatic rings. The smallest absolute Gasteiger partial charge is 0.309 e. The Balaban J connectivity index is 1.64. The third kappa shape index (κ3) is 3.26. The molecule has 0 aliphatic carbocycles. The second-order valence-electron chi connectivity index (χ2n) is 6.30. The molecule has 1 amide bonds. The number of benzene rings is 1. The average molecular weight is 356 g/mol. The molecule has 2 saturated heterocycles. The summed E-state index contributed by atoms with van der Waals surface area (Å²) in [6.45, 7) is 1.45. The number of halogens is 2. The standard InChI is InChI=1S/C17H19ClFNO4/c18-14-11(2-1-3-13(14)19)16(21)20-7-4-10(5-8-20)15-12(17(22)23)6-9-24-15/h1-3,10,12,15H,4-9H2,(H,22,23)/t12?,15-/m0/s1. The summed E-state index contributed by atoms with van der Waals surface area (Å²) in [5.41, 5.74) is 0.163. The molecule has 5 nitrogen and oxygen atoms in total. The van der Waals surface area contributed by atoms with Crippen LogP contribution in [0, 0.1) is 17.7 Å². The molecule has 3 rings (SSSR count). The summed E-state index contributed by atoms with van der Waals surface area (Å²) in [5.74, 6) is -2.06. The van der Waals surface area contributed by atoms with Gasteiger partial charge in [0, 0.05) is 19.7 Å². The number of piperidine rings is 1. The number of nitrogens with zero attached hydrogens (tertiary/aromatic N) is 1. The Kier molecular flexibility index (Phi) is 5.06. The fraction of sp³-hybridized carbons (Fsp3) is 0.529. The van der Waals surface area contributed by atoms with Gasteiger partial charge in [-0.2, -0.15) is 0 Å². The monoisotopic (exact) mass is 355 g/mol. The summed E-state index contributed by atoms with van der Waals surface area (Å²) in [7, 11) is 0. The van der Waals surface area contributed by atoms with Crippen LogP contribution in [0.4, 0.5) is 4.39 Å². The van der Waals surface area contributed by atoms with Crippen LogP contribution >= 0.6 is 11.6 Å². The van der Waals surface area contributed by atoms with Crippen LogP contribution in [0.3, 0.4) is 0 Å². The first kappa shape index (κ1) is 17.2. The molecule has 0 bridgehead atoms. The van der Waals surface area contributed by atoms with Crippen LogP contribution in [0.15, 0.2) is 18.2 Å². The van der Waals surface area contributed by atoms with Crippen molar-refractivity contribution in [3.8, 4) is 0 Å². The lowest BCUT2D eigenvalue weighted by molar-refractivity contribution is -0.145. The van der Waals surface area contributed by atoms with E-state index in [1.54, 1.807) is 4.90 Å². The van der Waals surface area contributed by atoms with Gasteiger partial charge in [0.2, 0.25) is 0 Å². The Morgan fingerprint density at radius 1 is 1.25 bits per heavy atom. The molecule has 2 heterocycles. The first-order valence-corrected chi connectivity index (χ1v) is 8.44. The van der Waals surface area contributed by atoms with Crippen LogP contribution in [-0.4, -0.2) is 47.7 Å². The van der Waals surface area contributed by atoms with Crippen molar-refractivity contribution in [1.82, 2.24) is 4.90 Å². The molecule has 2 fully saturated rings. The van der Waals surface area contributed by atoms with E-state index >= 15 is 0 Å². The third-order valence-corrected chi connectivity index (χ3v) is 5.31. The van der Waals surface area contributed by atoms with Gasteiger partial charge in [-0.1, -0.05) is 17.7 Å². The maximum absolute atomic E-state index is 13.5. The fourth-order valence-electron chi connectivity index (χ4n) is 3.61. The maximum atomic E-state index is 13.5. The summed E-state index contributed by atoms with van der Waals surface area (Å²) in [4.78, 5) is 25.5. The topological polar surface area (TPSA) is 66.8 Å². The normalized spacial score (nSPS) is 25.0. The van der Waals surface area contributed by atoms with Crippen molar-refractivity contribution >= 4 is 23.5 Å². The summed E-state index contributed by atoms with van der Waals surface area (Å²) in [5, 5.41) is 9.11. The molecule has 1 N–H and O–H groups in total. The summed E-state index contributed by atoms with van der Waals surface area (Å²) >= 11 is 5.89. The summed E-state index contributed by atoms with van der Waals surface area (Å²) < 4.78 is 19.1. The van der Waals surface area contributed by atoms with E-state index in [-0.39, 0.29) is 28.5 Å². The van der Waals surface area contributed by atoms with Crippen molar-refractivity contribution in [3.05, 3.63) is 34.6 Å². The molecule has 130 valence electrons. The lowest BCUT2D eigenvalue weighted by atomic mass is 9.84. The maximum Gasteiger partial charge on any atom is 0.309 e. The molecule has 0 aromatic heterocycles. The van der Waals surface area contributed by atoms with Crippen molar-refractivity contribution in [2.75, 3.05) is 19.7 Å². The second-order valence-corrected chi connectivity index (χ2v) is 6.68. The zero-order valence-electron chi connectivity index (χ0n) is 13.1. The molecule has 0 saturated carbocycles. The number of ether oxygens (including phenoxy) is 1. The van der Waals surface area contributed by atoms with Gasteiger partial charge in [-0.3, -0.25) is 9.59 Å². The number of aliphatic carboxylic acids is 1. The Hall–Kier alpha value is -1.66. The predicted octanol–water partition coefficient (Wildman–Crippen LogP) is 2.82. The van der Waals surface area contributed by atoms with Crippen molar-refractivity contribution in [3.63, 3.8) is 0 Å². The number of amides is 1. The van der Waals surface area contributed by atoms with Gasteiger partial charge in [0.25, 0.3) is 5.91 Å². The Morgan fingerprint density at radius 3 is 2.62 bits per heavy atom. The van der Waals surface area contributed by atoms with Crippen molar-refractivity contribution in [1.29, 1.82) is 0 Å². The lowest BCUT2D eigenvalue weighted by Gasteiger charge is -2.35. The highest BCUT2D eigenvalue weighted by Gasteiger charge is 2.40. The van der Waals surface area contributed by atoms with Gasteiger partial charge in [-0.05, 0) is 37.3 Å². The Bertz CT molecular complexity index is 645. The predicted molar refractivity (Wildman–Crippen MR) is 85.5 cm³/mol. The summed E-state index contributed by atoms with van der Waals surface area (Å²) in [6.07, 6.45) is 1.61. The Labute approximate surface area is 144 Å². The van der Waals surface area contributed by atoms with Crippen LogP contribution < -0.4 is 0 Å².